The fraction of sp³-hybridized carbons (Fsp3) is 0.471. The first kappa shape index (κ1) is 17.2. The van der Waals surface area contributed by atoms with Crippen LogP contribution in [0.2, 0.25) is 0 Å². The molecule has 2 aromatic rings. The zero-order valence-electron chi connectivity index (χ0n) is 13.9. The molecule has 1 saturated heterocycles. The van der Waals surface area contributed by atoms with E-state index in [0.29, 0.717) is 29.3 Å². The molecule has 0 aromatic carbocycles. The van der Waals surface area contributed by atoms with E-state index in [9.17, 15) is 9.59 Å². The highest BCUT2D eigenvalue weighted by atomic mass is 32.2. The van der Waals surface area contributed by atoms with Crippen LogP contribution in [0.4, 0.5) is 0 Å². The van der Waals surface area contributed by atoms with Crippen LogP contribution >= 0.6 is 23.1 Å². The lowest BCUT2D eigenvalue weighted by molar-refractivity contribution is -0.132. The number of H-pyrrole nitrogens is 1. The molecule has 0 saturated carbocycles. The molecular formula is C17H21N3O2S2. The molecule has 2 aromatic heterocycles. The molecule has 3 rings (SSSR count). The van der Waals surface area contributed by atoms with E-state index in [2.05, 4.69) is 21.4 Å². The van der Waals surface area contributed by atoms with Crippen LogP contribution in [0.5, 0.6) is 0 Å². The van der Waals surface area contributed by atoms with Crippen molar-refractivity contribution in [3.05, 3.63) is 44.0 Å². The lowest BCUT2D eigenvalue weighted by atomic mass is 10.1. The molecule has 0 radical (unpaired) electrons. The molecular weight excluding hydrogens is 342 g/mol. The Balaban J connectivity index is 1.69. The Kier molecular flexibility index (Phi) is 5.40. The Morgan fingerprint density at radius 3 is 3.04 bits per heavy atom. The number of nitrogens with zero attached hydrogens (tertiary/aromatic N) is 2. The zero-order chi connectivity index (χ0) is 17.1. The molecule has 24 heavy (non-hydrogen) atoms. The molecule has 1 unspecified atom stereocenters. The van der Waals surface area contributed by atoms with Crippen LogP contribution in [0.3, 0.4) is 0 Å². The van der Waals surface area contributed by atoms with Crippen molar-refractivity contribution in [2.75, 3.05) is 12.8 Å². The highest BCUT2D eigenvalue weighted by Crippen LogP contribution is 2.34. The predicted octanol–water partition coefficient (Wildman–Crippen LogP) is 3.16. The van der Waals surface area contributed by atoms with Gasteiger partial charge in [0.15, 0.2) is 5.16 Å². The second kappa shape index (κ2) is 7.53. The van der Waals surface area contributed by atoms with E-state index < -0.39 is 0 Å². The number of thiophene rings is 1. The van der Waals surface area contributed by atoms with E-state index >= 15 is 0 Å². The smallest absolute Gasteiger partial charge is 0.254 e. The molecule has 0 spiro atoms. The van der Waals surface area contributed by atoms with Crippen molar-refractivity contribution in [3.63, 3.8) is 0 Å². The highest BCUT2D eigenvalue weighted by Gasteiger charge is 2.30. The minimum atomic E-state index is -0.129. The number of carbonyl (C=O) groups is 1. The van der Waals surface area contributed by atoms with Gasteiger partial charge < -0.3 is 9.88 Å². The first-order chi connectivity index (χ1) is 11.6. The van der Waals surface area contributed by atoms with Gasteiger partial charge in [0.2, 0.25) is 5.91 Å². The summed E-state index contributed by atoms with van der Waals surface area (Å²) in [5, 5.41) is 2.67. The lowest BCUT2D eigenvalue weighted by Gasteiger charge is -2.24. The summed E-state index contributed by atoms with van der Waals surface area (Å²) >= 11 is 3.11. The van der Waals surface area contributed by atoms with Crippen molar-refractivity contribution in [2.24, 2.45) is 0 Å². The van der Waals surface area contributed by atoms with Gasteiger partial charge >= 0.3 is 0 Å². The molecule has 5 nitrogen and oxygen atoms in total. The quantitative estimate of drug-likeness (QED) is 0.655. The minimum Gasteiger partial charge on any atom is -0.335 e. The van der Waals surface area contributed by atoms with E-state index in [1.807, 2.05) is 24.1 Å². The van der Waals surface area contributed by atoms with Crippen LogP contribution < -0.4 is 5.56 Å². The van der Waals surface area contributed by atoms with E-state index in [4.69, 9.17) is 0 Å². The molecule has 1 amide bonds. The van der Waals surface area contributed by atoms with E-state index in [1.54, 1.807) is 11.3 Å². The van der Waals surface area contributed by atoms with Crippen LogP contribution in [-0.4, -0.2) is 33.6 Å². The summed E-state index contributed by atoms with van der Waals surface area (Å²) in [7, 11) is 0. The number of carbonyl (C=O) groups excluding carboxylic acids is 1. The van der Waals surface area contributed by atoms with Gasteiger partial charge in [0.25, 0.3) is 5.56 Å². The molecule has 0 aliphatic carbocycles. The Hall–Kier alpha value is -1.60. The number of hydrogen-bond donors (Lipinski definition) is 1. The topological polar surface area (TPSA) is 66.1 Å². The molecule has 1 atom stereocenters. The van der Waals surface area contributed by atoms with Gasteiger partial charge in [0.05, 0.1) is 6.04 Å². The molecule has 128 valence electrons. The summed E-state index contributed by atoms with van der Waals surface area (Å²) < 4.78 is 0. The van der Waals surface area contributed by atoms with Gasteiger partial charge in [0.1, 0.15) is 0 Å². The average Bonchev–Trinajstić information content (AvgIpc) is 3.24. The van der Waals surface area contributed by atoms with Crippen LogP contribution in [0, 0.1) is 6.92 Å². The maximum Gasteiger partial charge on any atom is 0.254 e. The molecule has 1 N–H and O–H groups in total. The van der Waals surface area contributed by atoms with Crippen LogP contribution in [0.25, 0.3) is 0 Å². The van der Waals surface area contributed by atoms with Gasteiger partial charge in [-0.2, -0.15) is 0 Å². The van der Waals surface area contributed by atoms with Crippen molar-refractivity contribution >= 4 is 29.0 Å². The Morgan fingerprint density at radius 2 is 2.38 bits per heavy atom. The zero-order valence-corrected chi connectivity index (χ0v) is 15.5. The van der Waals surface area contributed by atoms with Gasteiger partial charge in [-0.1, -0.05) is 17.8 Å². The summed E-state index contributed by atoms with van der Waals surface area (Å²) in [4.78, 5) is 35.2. The summed E-state index contributed by atoms with van der Waals surface area (Å²) in [5.41, 5.74) is 1.20. The largest absolute Gasteiger partial charge is 0.335 e. The summed E-state index contributed by atoms with van der Waals surface area (Å²) in [5.74, 6) is 0.124. The van der Waals surface area contributed by atoms with Gasteiger partial charge in [-0.3, -0.25) is 9.59 Å². The van der Waals surface area contributed by atoms with Crippen LogP contribution in [-0.2, 0) is 11.2 Å². The lowest BCUT2D eigenvalue weighted by Crippen LogP contribution is -2.31. The van der Waals surface area contributed by atoms with E-state index in [1.165, 1.54) is 16.6 Å². The molecule has 3 heterocycles. The number of hydrogen-bond acceptors (Lipinski definition) is 5. The molecule has 1 aliphatic heterocycles. The Bertz CT molecular complexity index is 771. The SMILES string of the molecule is CSc1nc(C)c(CCC(=O)N2CCCC2c2cccs2)c(=O)[nH]1. The third-order valence-electron chi connectivity index (χ3n) is 4.43. The maximum atomic E-state index is 12.7. The fourth-order valence-corrected chi connectivity index (χ4v) is 4.49. The maximum absolute atomic E-state index is 12.7. The van der Waals surface area contributed by atoms with Crippen molar-refractivity contribution < 1.29 is 4.79 Å². The van der Waals surface area contributed by atoms with Gasteiger partial charge in [0, 0.05) is 29.1 Å². The molecule has 0 bridgehead atoms. The van der Waals surface area contributed by atoms with E-state index in [-0.39, 0.29) is 17.5 Å². The standard InChI is InChI=1S/C17H21N3O2S2/c1-11-12(16(22)19-17(18-11)23-2)7-8-15(21)20-9-3-5-13(20)14-6-4-10-24-14/h4,6,10,13H,3,5,7-9H2,1-2H3,(H,18,19,22). The van der Waals surface area contributed by atoms with Crippen molar-refractivity contribution in [2.45, 2.75) is 43.8 Å². The van der Waals surface area contributed by atoms with Crippen molar-refractivity contribution in [1.29, 1.82) is 0 Å². The number of nitrogens with one attached hydrogen (secondary N) is 1. The average molecular weight is 364 g/mol. The fourth-order valence-electron chi connectivity index (χ4n) is 3.19. The molecule has 7 heteroatoms. The second-order valence-electron chi connectivity index (χ2n) is 5.90. The number of aryl methyl sites for hydroxylation is 1. The first-order valence-electron chi connectivity index (χ1n) is 8.07. The second-order valence-corrected chi connectivity index (χ2v) is 7.67. The van der Waals surface area contributed by atoms with Crippen LogP contribution in [0.15, 0.2) is 27.5 Å². The van der Waals surface area contributed by atoms with Crippen molar-refractivity contribution in [3.8, 4) is 0 Å². The third kappa shape index (κ3) is 3.57. The Morgan fingerprint density at radius 1 is 1.54 bits per heavy atom. The third-order valence-corrected chi connectivity index (χ3v) is 5.98. The Labute approximate surface area is 149 Å². The number of amides is 1. The number of aromatic amines is 1. The predicted molar refractivity (Wildman–Crippen MR) is 97.7 cm³/mol. The normalized spacial score (nSPS) is 17.4. The first-order valence-corrected chi connectivity index (χ1v) is 10.2. The van der Waals surface area contributed by atoms with Crippen LogP contribution in [0.1, 0.15) is 41.4 Å². The monoisotopic (exact) mass is 363 g/mol. The number of aromatic nitrogens is 2. The van der Waals surface area contributed by atoms with Gasteiger partial charge in [-0.05, 0) is 43.9 Å². The number of likely N-dealkylation sites (tertiary alicyclic amines) is 1. The summed E-state index contributed by atoms with van der Waals surface area (Å²) in [6.45, 7) is 2.64. The number of thioether (sulfide) groups is 1. The molecule has 1 aliphatic rings. The highest BCUT2D eigenvalue weighted by molar-refractivity contribution is 7.98. The van der Waals surface area contributed by atoms with Gasteiger partial charge in [-0.15, -0.1) is 11.3 Å². The van der Waals surface area contributed by atoms with Gasteiger partial charge in [-0.25, -0.2) is 4.98 Å². The molecule has 1 fully saturated rings. The minimum absolute atomic E-state index is 0.124. The summed E-state index contributed by atoms with van der Waals surface area (Å²) in [6, 6.07) is 4.33. The van der Waals surface area contributed by atoms with Crippen molar-refractivity contribution in [1.82, 2.24) is 14.9 Å². The summed E-state index contributed by atoms with van der Waals surface area (Å²) in [6.07, 6.45) is 4.73. The van der Waals surface area contributed by atoms with E-state index in [0.717, 1.165) is 19.4 Å². The number of rotatable bonds is 5.